The second-order valence-electron chi connectivity index (χ2n) is 0.363. The van der Waals surface area contributed by atoms with Gasteiger partial charge in [0.1, 0.15) is 0 Å². The van der Waals surface area contributed by atoms with Crippen molar-refractivity contribution in [2.75, 3.05) is 6.61 Å². The SMILES string of the molecule is CC[O][Lu]. The molecule has 0 spiro atoms. The molecule has 0 heterocycles. The van der Waals surface area contributed by atoms with Gasteiger partial charge in [-0.2, -0.15) is 0 Å². The van der Waals surface area contributed by atoms with Gasteiger partial charge < -0.3 is 0 Å². The Labute approximate surface area is 50.3 Å². The quantitative estimate of drug-likeness (QED) is 0.624. The summed E-state index contributed by atoms with van der Waals surface area (Å²) in [7, 11) is 0. The molecule has 0 aromatic heterocycles. The Morgan fingerprint density at radius 2 is 2.25 bits per heavy atom. The molecule has 4 heavy (non-hydrogen) atoms. The topological polar surface area (TPSA) is 9.23 Å². The minimum atomic E-state index is 0.745. The van der Waals surface area contributed by atoms with Crippen LogP contribution in [0.1, 0.15) is 6.92 Å². The van der Waals surface area contributed by atoms with Crippen LogP contribution in [0.25, 0.3) is 0 Å². The first-order valence-electron chi connectivity index (χ1n) is 1.10. The van der Waals surface area contributed by atoms with Gasteiger partial charge >= 0.3 is 50.6 Å². The van der Waals surface area contributed by atoms with Gasteiger partial charge in [-0.25, -0.2) is 0 Å². The predicted octanol–water partition coefficient (Wildman–Crippen LogP) is 0.487. The van der Waals surface area contributed by atoms with Crippen LogP contribution >= 0.6 is 0 Å². The van der Waals surface area contributed by atoms with Crippen LogP contribution in [0.2, 0.25) is 0 Å². The predicted molar refractivity (Wildman–Crippen MR) is 11.6 cm³/mol. The van der Waals surface area contributed by atoms with E-state index in [4.69, 9.17) is 0 Å². The van der Waals surface area contributed by atoms with E-state index in [9.17, 15) is 0 Å². The van der Waals surface area contributed by atoms with Gasteiger partial charge in [0, 0.05) is 0 Å². The Hall–Kier alpha value is 1.19. The van der Waals surface area contributed by atoms with Gasteiger partial charge in [0.05, 0.1) is 0 Å². The third kappa shape index (κ3) is 3.19. The Bertz CT molecular complexity index is 8.00. The van der Waals surface area contributed by atoms with Crippen LogP contribution in [0.15, 0.2) is 0 Å². The second-order valence-corrected chi connectivity index (χ2v) is 0.841. The summed E-state index contributed by atoms with van der Waals surface area (Å²) in [6.45, 7) is 2.66. The van der Waals surface area contributed by atoms with E-state index in [1.807, 2.05) is 6.92 Å². The fraction of sp³-hybridized carbons (Fsp3) is 1.00. The second kappa shape index (κ2) is 4.19. The van der Waals surface area contributed by atoms with Gasteiger partial charge in [-0.15, -0.1) is 0 Å². The first-order valence-corrected chi connectivity index (χ1v) is 1.78. The van der Waals surface area contributed by atoms with Crippen LogP contribution in [0.3, 0.4) is 0 Å². The summed E-state index contributed by atoms with van der Waals surface area (Å²) in [5.41, 5.74) is 0. The van der Waals surface area contributed by atoms with Crippen molar-refractivity contribution in [1.82, 2.24) is 0 Å². The van der Waals surface area contributed by atoms with Gasteiger partial charge in [0.25, 0.3) is 0 Å². The third-order valence-corrected chi connectivity index (χ3v) is 0.553. The monoisotopic (exact) mass is 220 g/mol. The van der Waals surface area contributed by atoms with Crippen LogP contribution < -0.4 is 0 Å². The molecule has 0 aliphatic heterocycles. The van der Waals surface area contributed by atoms with Crippen molar-refractivity contribution >= 4 is 0 Å². The molecule has 0 N–H and O–H groups in total. The molecule has 1 nitrogen and oxygen atoms in total. The molecule has 0 fully saturated rings. The van der Waals surface area contributed by atoms with E-state index in [-0.39, 0.29) is 0 Å². The van der Waals surface area contributed by atoms with Crippen molar-refractivity contribution in [1.29, 1.82) is 0 Å². The maximum absolute atomic E-state index is 4.38. The zero-order chi connectivity index (χ0) is 3.41. The van der Waals surface area contributed by atoms with Crippen molar-refractivity contribution in [3.63, 3.8) is 0 Å². The van der Waals surface area contributed by atoms with Crippen molar-refractivity contribution < 1.29 is 37.1 Å². The maximum atomic E-state index is 4.38. The van der Waals surface area contributed by atoms with Gasteiger partial charge in [0.2, 0.25) is 0 Å². The Balaban J connectivity index is 1.97. The van der Waals surface area contributed by atoms with Crippen molar-refractivity contribution in [2.45, 2.75) is 6.92 Å². The molecular formula is C2H5LuO. The summed E-state index contributed by atoms with van der Waals surface area (Å²) in [5.74, 6) is 0. The molecule has 34 valence electrons. The van der Waals surface area contributed by atoms with E-state index in [0.29, 0.717) is 0 Å². The zero-order valence-corrected chi connectivity index (χ0v) is 4.03. The Kier molecular flexibility index (Phi) is 5.45. The van der Waals surface area contributed by atoms with Crippen molar-refractivity contribution in [2.24, 2.45) is 0 Å². The fourth-order valence-corrected chi connectivity index (χ4v) is 0. The van der Waals surface area contributed by atoms with Gasteiger partial charge in [-0.3, -0.25) is 0 Å². The van der Waals surface area contributed by atoms with E-state index in [1.54, 1.807) is 0 Å². The van der Waals surface area contributed by atoms with E-state index in [0.717, 1.165) is 6.61 Å². The molecular weight excluding hydrogens is 215 g/mol. The number of hydrogen-bond acceptors (Lipinski definition) is 1. The van der Waals surface area contributed by atoms with Gasteiger partial charge in [0.15, 0.2) is 0 Å². The van der Waals surface area contributed by atoms with E-state index >= 15 is 0 Å². The number of hydrogen-bond donors (Lipinski definition) is 0. The third-order valence-electron chi connectivity index (χ3n) is 0.0745. The summed E-state index contributed by atoms with van der Waals surface area (Å²) in [4.78, 5) is 0. The molecule has 0 amide bonds. The fourth-order valence-electron chi connectivity index (χ4n) is 0. The average Bonchev–Trinajstić information content (AvgIpc) is 1.37. The van der Waals surface area contributed by atoms with Crippen molar-refractivity contribution in [3.05, 3.63) is 0 Å². The van der Waals surface area contributed by atoms with Crippen LogP contribution in [0, 0.1) is 35.5 Å². The minimum absolute atomic E-state index is 0.745. The van der Waals surface area contributed by atoms with Gasteiger partial charge in [-0.05, 0) is 0 Å². The summed E-state index contributed by atoms with van der Waals surface area (Å²) in [5, 5.41) is 0. The summed E-state index contributed by atoms with van der Waals surface area (Å²) in [6, 6.07) is 0. The molecule has 0 radical (unpaired) electrons. The molecule has 0 aliphatic carbocycles. The van der Waals surface area contributed by atoms with E-state index in [1.165, 1.54) is 0 Å². The molecule has 0 bridgehead atoms. The summed E-state index contributed by atoms with van der Waals surface area (Å²) < 4.78 is 4.38. The normalized spacial score (nSPS) is 7.75. The van der Waals surface area contributed by atoms with Crippen LogP contribution in [0.5, 0.6) is 0 Å². The Morgan fingerprint density at radius 1 is 2.00 bits per heavy atom. The molecule has 0 aromatic rings. The molecule has 0 aromatic carbocycles. The molecule has 0 atom stereocenters. The molecule has 0 aliphatic rings. The zero-order valence-electron chi connectivity index (χ0n) is 2.37. The number of rotatable bonds is 1. The van der Waals surface area contributed by atoms with Crippen LogP contribution in [-0.4, -0.2) is 6.61 Å². The molecule has 0 saturated carbocycles. The molecule has 0 unspecified atom stereocenters. The standard InChI is InChI=1S/C2H5O.Lu/c1-2-3;/h2H2,1H3;/q-1;+1. The Morgan fingerprint density at radius 3 is 2.25 bits per heavy atom. The first kappa shape index (κ1) is 5.19. The molecule has 0 saturated heterocycles. The summed E-state index contributed by atoms with van der Waals surface area (Å²) >= 11 is 2.63. The van der Waals surface area contributed by atoms with Crippen LogP contribution in [-0.2, 0) is 1.55 Å². The van der Waals surface area contributed by atoms with E-state index < -0.39 is 0 Å². The van der Waals surface area contributed by atoms with Crippen LogP contribution in [0.4, 0.5) is 0 Å². The van der Waals surface area contributed by atoms with Gasteiger partial charge in [-0.1, -0.05) is 0 Å². The first-order chi connectivity index (χ1) is 1.91. The summed E-state index contributed by atoms with van der Waals surface area (Å²) in [6.07, 6.45) is 0. The van der Waals surface area contributed by atoms with E-state index in [2.05, 4.69) is 37.1 Å². The molecule has 2 heteroatoms. The average molecular weight is 220 g/mol. The molecule has 0 rings (SSSR count). The van der Waals surface area contributed by atoms with Crippen molar-refractivity contribution in [3.8, 4) is 0 Å².